The van der Waals surface area contributed by atoms with E-state index in [2.05, 4.69) is 26.5 Å². The second kappa shape index (κ2) is 9.63. The molecule has 1 N–H and O–H groups in total. The number of carbonyl (C=O) groups is 1. The summed E-state index contributed by atoms with van der Waals surface area (Å²) in [5.74, 6) is 0.215. The Morgan fingerprint density at radius 1 is 1.33 bits per heavy atom. The van der Waals surface area contributed by atoms with Crippen LogP contribution in [0.5, 0.6) is 5.75 Å². The highest BCUT2D eigenvalue weighted by atomic mass is 79.9. The third kappa shape index (κ3) is 6.34. The zero-order valence-corrected chi connectivity index (χ0v) is 16.4. The van der Waals surface area contributed by atoms with Crippen LogP contribution in [-0.4, -0.2) is 23.7 Å². The van der Waals surface area contributed by atoms with Crippen molar-refractivity contribution in [1.29, 1.82) is 0 Å². The molecule has 2 rings (SSSR count). The number of hydrogen-bond donors (Lipinski definition) is 1. The Hall–Kier alpha value is -3.00. The molecule has 2 aromatic rings. The van der Waals surface area contributed by atoms with E-state index < -0.39 is 10.8 Å². The molecule has 0 spiro atoms. The summed E-state index contributed by atoms with van der Waals surface area (Å²) in [4.78, 5) is 22.1. The highest BCUT2D eigenvalue weighted by Gasteiger charge is 2.08. The molecule has 0 aliphatic heterocycles. The Kier molecular flexibility index (Phi) is 7.25. The minimum Gasteiger partial charge on any atom is -0.482 e. The molecule has 0 aliphatic rings. The summed E-state index contributed by atoms with van der Waals surface area (Å²) in [6.45, 7) is 3.71. The van der Waals surface area contributed by atoms with Crippen molar-refractivity contribution in [2.75, 3.05) is 6.61 Å². The maximum atomic E-state index is 11.8. The lowest BCUT2D eigenvalue weighted by Gasteiger charge is -2.11. The largest absolute Gasteiger partial charge is 0.482 e. The molecule has 0 saturated heterocycles. The topological polar surface area (TPSA) is 93.8 Å². The summed E-state index contributed by atoms with van der Waals surface area (Å²) in [7, 11) is 0. The van der Waals surface area contributed by atoms with Crippen LogP contribution in [0.1, 0.15) is 16.7 Å². The van der Waals surface area contributed by atoms with Crippen LogP contribution in [0.3, 0.4) is 0 Å². The number of amides is 1. The van der Waals surface area contributed by atoms with Crippen molar-refractivity contribution in [2.24, 2.45) is 5.10 Å². The maximum Gasteiger partial charge on any atom is 0.277 e. The molecule has 0 radical (unpaired) electrons. The number of nitro benzene ring substituents is 1. The molecule has 0 bridgehead atoms. The highest BCUT2D eigenvalue weighted by Crippen LogP contribution is 2.30. The lowest BCUT2D eigenvalue weighted by atomic mass is 10.1. The fraction of sp³-hybridized carbons (Fsp3) is 0.158. The monoisotopic (exact) mass is 431 g/mol. The molecule has 7 nitrogen and oxygen atoms in total. The first kappa shape index (κ1) is 20.3. The van der Waals surface area contributed by atoms with Gasteiger partial charge in [0.1, 0.15) is 5.75 Å². The summed E-state index contributed by atoms with van der Waals surface area (Å²) < 4.78 is 6.32. The Morgan fingerprint density at radius 3 is 2.81 bits per heavy atom. The molecule has 0 atom stereocenters. The normalized spacial score (nSPS) is 11.1. The van der Waals surface area contributed by atoms with Gasteiger partial charge in [0.05, 0.1) is 9.40 Å². The first-order chi connectivity index (χ1) is 12.9. The molecule has 0 aliphatic carbocycles. The van der Waals surface area contributed by atoms with Gasteiger partial charge in [0, 0.05) is 18.3 Å². The van der Waals surface area contributed by atoms with Gasteiger partial charge in [-0.3, -0.25) is 14.9 Å². The zero-order valence-electron chi connectivity index (χ0n) is 14.8. The van der Waals surface area contributed by atoms with Gasteiger partial charge in [-0.2, -0.15) is 5.10 Å². The van der Waals surface area contributed by atoms with Crippen LogP contribution in [0.4, 0.5) is 5.69 Å². The predicted octanol–water partition coefficient (Wildman–Crippen LogP) is 4.17. The summed E-state index contributed by atoms with van der Waals surface area (Å²) in [6, 6.07) is 10.1. The van der Waals surface area contributed by atoms with Gasteiger partial charge in [0.25, 0.3) is 11.6 Å². The van der Waals surface area contributed by atoms with Crippen LogP contribution < -0.4 is 10.2 Å². The number of hydrazone groups is 1. The molecule has 0 saturated carbocycles. The number of nitro groups is 1. The summed E-state index contributed by atoms with van der Waals surface area (Å²) in [5, 5.41) is 14.5. The van der Waals surface area contributed by atoms with Crippen molar-refractivity contribution < 1.29 is 14.5 Å². The van der Waals surface area contributed by atoms with E-state index in [9.17, 15) is 14.9 Å². The lowest BCUT2D eigenvalue weighted by molar-refractivity contribution is -0.384. The molecule has 0 aromatic heterocycles. The van der Waals surface area contributed by atoms with Gasteiger partial charge >= 0.3 is 0 Å². The molecule has 0 fully saturated rings. The van der Waals surface area contributed by atoms with E-state index in [1.54, 1.807) is 24.3 Å². The molecule has 8 heteroatoms. The molecular formula is C19H18BrN3O4. The number of nitrogens with one attached hydrogen (secondary N) is 1. The third-order valence-corrected chi connectivity index (χ3v) is 4.03. The van der Waals surface area contributed by atoms with Crippen molar-refractivity contribution in [3.63, 3.8) is 0 Å². The quantitative estimate of drug-likeness (QED) is 0.404. The van der Waals surface area contributed by atoms with Gasteiger partial charge in [-0.1, -0.05) is 24.3 Å². The van der Waals surface area contributed by atoms with Gasteiger partial charge < -0.3 is 4.74 Å². The van der Waals surface area contributed by atoms with Crippen molar-refractivity contribution >= 4 is 39.8 Å². The fourth-order valence-electron chi connectivity index (χ4n) is 2.30. The molecule has 1 amide bonds. The van der Waals surface area contributed by atoms with E-state index in [0.29, 0.717) is 11.3 Å². The van der Waals surface area contributed by atoms with Gasteiger partial charge in [-0.15, -0.1) is 0 Å². The van der Waals surface area contributed by atoms with E-state index in [4.69, 9.17) is 4.74 Å². The number of rotatable bonds is 7. The van der Waals surface area contributed by atoms with Gasteiger partial charge in [0.15, 0.2) is 6.61 Å². The van der Waals surface area contributed by atoms with Crippen molar-refractivity contribution in [2.45, 2.75) is 13.8 Å². The van der Waals surface area contributed by atoms with Crippen molar-refractivity contribution in [3.05, 3.63) is 73.8 Å². The van der Waals surface area contributed by atoms with E-state index in [1.165, 1.54) is 18.3 Å². The minimum atomic E-state index is -0.459. The number of aryl methyl sites for hydroxylation is 2. The molecule has 27 heavy (non-hydrogen) atoms. The summed E-state index contributed by atoms with van der Waals surface area (Å²) in [5.41, 5.74) is 5.04. The Bertz CT molecular complexity index is 887. The van der Waals surface area contributed by atoms with Gasteiger partial charge in [-0.05, 0) is 58.6 Å². The molecule has 140 valence electrons. The second-order valence-electron chi connectivity index (χ2n) is 5.71. The zero-order chi connectivity index (χ0) is 19.8. The van der Waals surface area contributed by atoms with E-state index in [1.807, 2.05) is 26.0 Å². The highest BCUT2D eigenvalue weighted by molar-refractivity contribution is 9.10. The number of halogens is 1. The number of ether oxygens (including phenoxy) is 1. The Labute approximate surface area is 165 Å². The summed E-state index contributed by atoms with van der Waals surface area (Å²) in [6.07, 6.45) is 4.59. The minimum absolute atomic E-state index is 0.0112. The van der Waals surface area contributed by atoms with E-state index in [-0.39, 0.29) is 12.3 Å². The first-order valence-electron chi connectivity index (χ1n) is 7.99. The van der Waals surface area contributed by atoms with Crippen LogP contribution in [0.15, 0.2) is 52.0 Å². The standard InChI is InChI=1S/C19H18BrN3O4/c1-13-9-14(2)19(17(20)10-13)27-12-18(24)22-21-8-4-6-15-5-3-7-16(11-15)23(25)26/h3-11H,12H2,1-2H3,(H,22,24)/b6-4+,21-8?. The van der Waals surface area contributed by atoms with Crippen molar-refractivity contribution in [1.82, 2.24) is 5.43 Å². The molecule has 0 unspecified atom stereocenters. The number of nitrogens with zero attached hydrogens (tertiary/aromatic N) is 2. The Morgan fingerprint density at radius 2 is 2.11 bits per heavy atom. The molecular weight excluding hydrogens is 414 g/mol. The smallest absolute Gasteiger partial charge is 0.277 e. The third-order valence-electron chi connectivity index (χ3n) is 3.44. The second-order valence-corrected chi connectivity index (χ2v) is 6.56. The van der Waals surface area contributed by atoms with Gasteiger partial charge in [-0.25, -0.2) is 5.43 Å². The average Bonchev–Trinajstić information content (AvgIpc) is 2.60. The lowest BCUT2D eigenvalue weighted by Crippen LogP contribution is -2.24. The van der Waals surface area contributed by atoms with Crippen LogP contribution in [0.2, 0.25) is 0 Å². The van der Waals surface area contributed by atoms with Crippen molar-refractivity contribution in [3.8, 4) is 5.75 Å². The van der Waals surface area contributed by atoms with E-state index >= 15 is 0 Å². The van der Waals surface area contributed by atoms with E-state index in [0.717, 1.165) is 15.6 Å². The maximum absolute atomic E-state index is 11.8. The number of benzene rings is 2. The van der Waals surface area contributed by atoms with Crippen LogP contribution in [0, 0.1) is 24.0 Å². The Balaban J connectivity index is 1.83. The number of hydrogen-bond acceptors (Lipinski definition) is 5. The number of allylic oxidation sites excluding steroid dienone is 1. The van der Waals surface area contributed by atoms with Crippen LogP contribution >= 0.6 is 15.9 Å². The fourth-order valence-corrected chi connectivity index (χ4v) is 3.09. The SMILES string of the molecule is Cc1cc(C)c(OCC(=O)NN=C/C=C/c2cccc([N+](=O)[O-])c2)c(Br)c1. The predicted molar refractivity (Wildman–Crippen MR) is 108 cm³/mol. The van der Waals surface area contributed by atoms with Gasteiger partial charge in [0.2, 0.25) is 0 Å². The van der Waals surface area contributed by atoms with Crippen LogP contribution in [-0.2, 0) is 4.79 Å². The number of non-ortho nitro benzene ring substituents is 1. The molecule has 0 heterocycles. The summed E-state index contributed by atoms with van der Waals surface area (Å²) >= 11 is 3.42. The van der Waals surface area contributed by atoms with Crippen LogP contribution in [0.25, 0.3) is 6.08 Å². The number of carbonyl (C=O) groups excluding carboxylic acids is 1. The average molecular weight is 432 g/mol. The first-order valence-corrected chi connectivity index (χ1v) is 8.78. The molecule has 2 aromatic carbocycles.